The number of nitrogens with two attached hydrogens (primary N) is 2. The lowest BCUT2D eigenvalue weighted by Crippen LogP contribution is -2.36. The molecule has 0 aliphatic carbocycles. The van der Waals surface area contributed by atoms with E-state index in [0.29, 0.717) is 12.6 Å². The molecule has 1 saturated heterocycles. The summed E-state index contributed by atoms with van der Waals surface area (Å²) < 4.78 is 0. The minimum atomic E-state index is 0.190. The number of nitrogens with one attached hydrogen (secondary N) is 1. The van der Waals surface area contributed by atoms with Gasteiger partial charge in [-0.15, -0.1) is 0 Å². The third kappa shape index (κ3) is 2.25. The zero-order chi connectivity index (χ0) is 7.40. The van der Waals surface area contributed by atoms with Crippen LogP contribution in [0.1, 0.15) is 19.3 Å². The van der Waals surface area contributed by atoms with E-state index in [-0.39, 0.29) is 6.04 Å². The van der Waals surface area contributed by atoms with Gasteiger partial charge in [-0.3, -0.25) is 0 Å². The standard InChI is InChI=1S/C7H17N3/c8-5-6(9)4-7-2-1-3-10-7/h6-7,10H,1-5,8-9H2. The summed E-state index contributed by atoms with van der Waals surface area (Å²) in [6.07, 6.45) is 3.60. The molecule has 1 aliphatic rings. The van der Waals surface area contributed by atoms with Crippen LogP contribution in [0, 0.1) is 0 Å². The molecule has 0 radical (unpaired) electrons. The topological polar surface area (TPSA) is 64.1 Å². The molecule has 2 atom stereocenters. The largest absolute Gasteiger partial charge is 0.329 e. The molecule has 0 amide bonds. The first-order valence-electron chi connectivity index (χ1n) is 4.02. The van der Waals surface area contributed by atoms with E-state index in [4.69, 9.17) is 11.5 Å². The van der Waals surface area contributed by atoms with Crippen molar-refractivity contribution < 1.29 is 0 Å². The first-order chi connectivity index (χ1) is 4.83. The zero-order valence-corrected chi connectivity index (χ0v) is 6.34. The molecule has 5 N–H and O–H groups in total. The van der Waals surface area contributed by atoms with Gasteiger partial charge in [0.15, 0.2) is 0 Å². The van der Waals surface area contributed by atoms with Gasteiger partial charge in [0.1, 0.15) is 0 Å². The Kier molecular flexibility index (Phi) is 3.12. The van der Waals surface area contributed by atoms with Gasteiger partial charge in [0.05, 0.1) is 0 Å². The second-order valence-corrected chi connectivity index (χ2v) is 3.02. The molecule has 10 heavy (non-hydrogen) atoms. The lowest BCUT2D eigenvalue weighted by atomic mass is 10.1. The molecule has 1 aliphatic heterocycles. The minimum Gasteiger partial charge on any atom is -0.329 e. The molecule has 0 spiro atoms. The number of hydrogen-bond donors (Lipinski definition) is 3. The maximum Gasteiger partial charge on any atom is 0.0177 e. The Bertz CT molecular complexity index is 88.9. The molecule has 0 aromatic carbocycles. The lowest BCUT2D eigenvalue weighted by molar-refractivity contribution is 0.492. The Morgan fingerprint density at radius 1 is 1.60 bits per heavy atom. The van der Waals surface area contributed by atoms with Crippen LogP contribution in [0.25, 0.3) is 0 Å². The van der Waals surface area contributed by atoms with Crippen LogP contribution in [-0.4, -0.2) is 25.2 Å². The van der Waals surface area contributed by atoms with E-state index in [1.807, 2.05) is 0 Å². The van der Waals surface area contributed by atoms with Crippen LogP contribution in [0.2, 0.25) is 0 Å². The first-order valence-corrected chi connectivity index (χ1v) is 4.02. The highest BCUT2D eigenvalue weighted by Gasteiger charge is 2.15. The summed E-state index contributed by atoms with van der Waals surface area (Å²) in [5.41, 5.74) is 11.1. The summed E-state index contributed by atoms with van der Waals surface area (Å²) in [6.45, 7) is 1.76. The van der Waals surface area contributed by atoms with Crippen molar-refractivity contribution in [3.05, 3.63) is 0 Å². The number of hydrogen-bond acceptors (Lipinski definition) is 3. The predicted octanol–water partition coefficient (Wildman–Crippen LogP) is -0.585. The zero-order valence-electron chi connectivity index (χ0n) is 6.34. The first kappa shape index (κ1) is 7.98. The van der Waals surface area contributed by atoms with Crippen LogP contribution < -0.4 is 16.8 Å². The third-order valence-corrected chi connectivity index (χ3v) is 2.05. The highest BCUT2D eigenvalue weighted by atomic mass is 14.9. The van der Waals surface area contributed by atoms with E-state index in [2.05, 4.69) is 5.32 Å². The quantitative estimate of drug-likeness (QED) is 0.495. The molecule has 60 valence electrons. The smallest absolute Gasteiger partial charge is 0.0177 e. The van der Waals surface area contributed by atoms with Crippen LogP contribution in [0.5, 0.6) is 0 Å². The van der Waals surface area contributed by atoms with E-state index >= 15 is 0 Å². The monoisotopic (exact) mass is 143 g/mol. The van der Waals surface area contributed by atoms with Gasteiger partial charge in [0.25, 0.3) is 0 Å². The van der Waals surface area contributed by atoms with Crippen molar-refractivity contribution in [2.24, 2.45) is 11.5 Å². The molecule has 0 aromatic rings. The molecule has 3 nitrogen and oxygen atoms in total. The van der Waals surface area contributed by atoms with Crippen molar-refractivity contribution in [1.29, 1.82) is 0 Å². The minimum absolute atomic E-state index is 0.190. The Hall–Kier alpha value is -0.120. The van der Waals surface area contributed by atoms with Gasteiger partial charge in [-0.1, -0.05) is 0 Å². The summed E-state index contributed by atoms with van der Waals surface area (Å²) >= 11 is 0. The van der Waals surface area contributed by atoms with Gasteiger partial charge in [-0.25, -0.2) is 0 Å². The fraction of sp³-hybridized carbons (Fsp3) is 1.00. The second kappa shape index (κ2) is 3.91. The predicted molar refractivity (Wildman–Crippen MR) is 42.7 cm³/mol. The van der Waals surface area contributed by atoms with E-state index < -0.39 is 0 Å². The van der Waals surface area contributed by atoms with Gasteiger partial charge in [0, 0.05) is 18.6 Å². The van der Waals surface area contributed by atoms with Crippen molar-refractivity contribution >= 4 is 0 Å². The van der Waals surface area contributed by atoms with Crippen LogP contribution in [0.4, 0.5) is 0 Å². The summed E-state index contributed by atoms with van der Waals surface area (Å²) in [4.78, 5) is 0. The molecule has 0 aromatic heterocycles. The highest BCUT2D eigenvalue weighted by molar-refractivity contribution is 4.78. The summed E-state index contributed by atoms with van der Waals surface area (Å²) in [6, 6.07) is 0.828. The van der Waals surface area contributed by atoms with Crippen molar-refractivity contribution in [3.8, 4) is 0 Å². The Labute approximate surface area is 62.2 Å². The van der Waals surface area contributed by atoms with Gasteiger partial charge in [-0.2, -0.15) is 0 Å². The Balaban J connectivity index is 2.11. The molecular weight excluding hydrogens is 126 g/mol. The maximum atomic E-state index is 5.69. The van der Waals surface area contributed by atoms with Crippen molar-refractivity contribution in [2.75, 3.05) is 13.1 Å². The van der Waals surface area contributed by atoms with Crippen LogP contribution in [-0.2, 0) is 0 Å². The van der Waals surface area contributed by atoms with Gasteiger partial charge in [-0.05, 0) is 25.8 Å². The number of rotatable bonds is 3. The average molecular weight is 143 g/mol. The molecular formula is C7H17N3. The van der Waals surface area contributed by atoms with E-state index in [1.54, 1.807) is 0 Å². The van der Waals surface area contributed by atoms with Gasteiger partial charge >= 0.3 is 0 Å². The summed E-state index contributed by atoms with van der Waals surface area (Å²) in [7, 11) is 0. The molecule has 1 fully saturated rings. The van der Waals surface area contributed by atoms with Gasteiger partial charge < -0.3 is 16.8 Å². The second-order valence-electron chi connectivity index (χ2n) is 3.02. The van der Waals surface area contributed by atoms with E-state index in [9.17, 15) is 0 Å². The van der Waals surface area contributed by atoms with Gasteiger partial charge in [0.2, 0.25) is 0 Å². The van der Waals surface area contributed by atoms with Crippen molar-refractivity contribution in [3.63, 3.8) is 0 Å². The third-order valence-electron chi connectivity index (χ3n) is 2.05. The molecule has 1 rings (SSSR count). The average Bonchev–Trinajstić information content (AvgIpc) is 2.40. The van der Waals surface area contributed by atoms with Crippen molar-refractivity contribution in [1.82, 2.24) is 5.32 Å². The molecule has 2 unspecified atom stereocenters. The fourth-order valence-corrected chi connectivity index (χ4v) is 1.42. The fourth-order valence-electron chi connectivity index (χ4n) is 1.42. The lowest BCUT2D eigenvalue weighted by Gasteiger charge is -2.14. The normalized spacial score (nSPS) is 28.8. The molecule has 3 heteroatoms. The molecule has 0 bridgehead atoms. The van der Waals surface area contributed by atoms with Crippen LogP contribution in [0.15, 0.2) is 0 Å². The van der Waals surface area contributed by atoms with Crippen LogP contribution >= 0.6 is 0 Å². The van der Waals surface area contributed by atoms with Crippen molar-refractivity contribution in [2.45, 2.75) is 31.3 Å². The highest BCUT2D eigenvalue weighted by Crippen LogP contribution is 2.09. The Morgan fingerprint density at radius 3 is 2.90 bits per heavy atom. The Morgan fingerprint density at radius 2 is 2.40 bits per heavy atom. The molecule has 0 saturated carbocycles. The van der Waals surface area contributed by atoms with Crippen LogP contribution in [0.3, 0.4) is 0 Å². The van der Waals surface area contributed by atoms with E-state index in [1.165, 1.54) is 12.8 Å². The SMILES string of the molecule is NCC(N)CC1CCCN1. The summed E-state index contributed by atoms with van der Waals surface area (Å²) in [5.74, 6) is 0. The maximum absolute atomic E-state index is 5.69. The summed E-state index contributed by atoms with van der Waals surface area (Å²) in [5, 5.41) is 3.39. The van der Waals surface area contributed by atoms with E-state index in [0.717, 1.165) is 13.0 Å². The molecule has 1 heterocycles.